The van der Waals surface area contributed by atoms with Crippen LogP contribution in [-0.2, 0) is 17.9 Å². The molecular weight excluding hydrogens is 404 g/mol. The van der Waals surface area contributed by atoms with Gasteiger partial charge in [-0.1, -0.05) is 66.7 Å². The smallest absolute Gasteiger partial charge is 0.410 e. The first-order valence-electron chi connectivity index (χ1n) is 10.6. The summed E-state index contributed by atoms with van der Waals surface area (Å²) in [5, 5.41) is 0. The zero-order valence-corrected chi connectivity index (χ0v) is 18.6. The third-order valence-corrected chi connectivity index (χ3v) is 5.04. The summed E-state index contributed by atoms with van der Waals surface area (Å²) in [5.41, 5.74) is 8.65. The molecule has 32 heavy (non-hydrogen) atoms. The summed E-state index contributed by atoms with van der Waals surface area (Å²) in [6.45, 7) is 3.38. The minimum Gasteiger partial charge on any atom is -0.493 e. The fraction of sp³-hybridized carbons (Fsp3) is 0.269. The number of nitrogens with zero attached hydrogens (tertiary/aromatic N) is 1. The Balaban J connectivity index is 1.66. The molecular formula is C26H30N2O4. The highest BCUT2D eigenvalue weighted by molar-refractivity contribution is 5.68. The van der Waals surface area contributed by atoms with Gasteiger partial charge in [-0.2, -0.15) is 0 Å². The fourth-order valence-electron chi connectivity index (χ4n) is 3.29. The topological polar surface area (TPSA) is 74.0 Å². The summed E-state index contributed by atoms with van der Waals surface area (Å²) in [5.74, 6) is 1.25. The number of rotatable bonds is 10. The second-order valence-electron chi connectivity index (χ2n) is 7.41. The van der Waals surface area contributed by atoms with Gasteiger partial charge in [0.1, 0.15) is 12.7 Å². The van der Waals surface area contributed by atoms with E-state index < -0.39 is 6.09 Å². The minimum atomic E-state index is -0.407. The van der Waals surface area contributed by atoms with Crippen molar-refractivity contribution < 1.29 is 19.0 Å². The molecule has 3 aromatic carbocycles. The third-order valence-electron chi connectivity index (χ3n) is 5.04. The van der Waals surface area contributed by atoms with Crippen LogP contribution in [0.5, 0.6) is 11.5 Å². The van der Waals surface area contributed by atoms with Crippen LogP contribution in [0.1, 0.15) is 29.7 Å². The molecule has 0 aliphatic rings. The Kier molecular flexibility index (Phi) is 8.52. The lowest BCUT2D eigenvalue weighted by atomic mass is 10.1. The molecule has 0 aliphatic heterocycles. The number of carbonyl (C=O) groups is 1. The maximum Gasteiger partial charge on any atom is 0.410 e. The van der Waals surface area contributed by atoms with Crippen molar-refractivity contribution in [3.63, 3.8) is 0 Å². The van der Waals surface area contributed by atoms with E-state index in [0.29, 0.717) is 37.7 Å². The molecule has 0 saturated heterocycles. The van der Waals surface area contributed by atoms with Gasteiger partial charge >= 0.3 is 6.09 Å². The molecule has 168 valence electrons. The first-order valence-corrected chi connectivity index (χ1v) is 10.6. The molecule has 6 heteroatoms. The number of ether oxygens (including phenoxy) is 3. The second-order valence-corrected chi connectivity index (χ2v) is 7.41. The lowest BCUT2D eigenvalue weighted by Gasteiger charge is -2.24. The average Bonchev–Trinajstić information content (AvgIpc) is 2.84. The van der Waals surface area contributed by atoms with E-state index in [-0.39, 0.29) is 6.10 Å². The predicted octanol–water partition coefficient (Wildman–Crippen LogP) is 4.93. The standard InChI is InChI=1S/C26H30N2O4/c1-20(23-11-7-4-8-12-23)32-26(29)28(16-15-27)18-22-13-14-24(25(17-22)30-2)31-19-21-9-5-3-6-10-21/h3-14,17,20H,15-16,18-19,27H2,1-2H3. The van der Waals surface area contributed by atoms with Crippen molar-refractivity contribution in [1.29, 1.82) is 0 Å². The minimum absolute atomic E-state index is 0.338. The fourth-order valence-corrected chi connectivity index (χ4v) is 3.29. The van der Waals surface area contributed by atoms with Crippen molar-refractivity contribution >= 4 is 6.09 Å². The molecule has 0 radical (unpaired) electrons. The van der Waals surface area contributed by atoms with E-state index in [2.05, 4.69) is 0 Å². The zero-order valence-electron chi connectivity index (χ0n) is 18.6. The van der Waals surface area contributed by atoms with Crippen LogP contribution in [0.4, 0.5) is 4.79 Å². The first-order chi connectivity index (χ1) is 15.6. The molecule has 1 unspecified atom stereocenters. The molecule has 0 bridgehead atoms. The van der Waals surface area contributed by atoms with Gasteiger partial charge in [0.25, 0.3) is 0 Å². The molecule has 0 heterocycles. The number of hydrogen-bond acceptors (Lipinski definition) is 5. The van der Waals surface area contributed by atoms with Gasteiger partial charge in [-0.3, -0.25) is 0 Å². The quantitative estimate of drug-likeness (QED) is 0.490. The van der Waals surface area contributed by atoms with Crippen LogP contribution in [0.15, 0.2) is 78.9 Å². The van der Waals surface area contributed by atoms with Crippen LogP contribution in [0, 0.1) is 0 Å². The molecule has 0 fully saturated rings. The highest BCUT2D eigenvalue weighted by atomic mass is 16.6. The van der Waals surface area contributed by atoms with Crippen LogP contribution in [0.2, 0.25) is 0 Å². The van der Waals surface area contributed by atoms with Crippen molar-refractivity contribution in [1.82, 2.24) is 4.90 Å². The van der Waals surface area contributed by atoms with Crippen molar-refractivity contribution in [2.45, 2.75) is 26.2 Å². The van der Waals surface area contributed by atoms with Crippen LogP contribution < -0.4 is 15.2 Å². The van der Waals surface area contributed by atoms with E-state index in [1.165, 1.54) is 0 Å². The number of methoxy groups -OCH3 is 1. The Bertz CT molecular complexity index is 980. The summed E-state index contributed by atoms with van der Waals surface area (Å²) < 4.78 is 17.1. The molecule has 1 atom stereocenters. The van der Waals surface area contributed by atoms with Crippen molar-refractivity contribution in [3.05, 3.63) is 95.6 Å². The molecule has 0 saturated carbocycles. The lowest BCUT2D eigenvalue weighted by Crippen LogP contribution is -2.35. The SMILES string of the molecule is COc1cc(CN(CCN)C(=O)OC(C)c2ccccc2)ccc1OCc1ccccc1. The Morgan fingerprint density at radius 3 is 2.28 bits per heavy atom. The number of hydrogen-bond donors (Lipinski definition) is 1. The summed E-state index contributed by atoms with van der Waals surface area (Å²) in [6, 6.07) is 25.2. The number of nitrogens with two attached hydrogens (primary N) is 1. The van der Waals surface area contributed by atoms with Gasteiger partial charge in [-0.05, 0) is 35.7 Å². The van der Waals surface area contributed by atoms with Gasteiger partial charge in [0.15, 0.2) is 11.5 Å². The maximum absolute atomic E-state index is 12.8. The predicted molar refractivity (Wildman–Crippen MR) is 125 cm³/mol. The van der Waals surface area contributed by atoms with Crippen LogP contribution in [-0.4, -0.2) is 31.2 Å². The lowest BCUT2D eigenvalue weighted by molar-refractivity contribution is 0.0682. The van der Waals surface area contributed by atoms with E-state index in [4.69, 9.17) is 19.9 Å². The van der Waals surface area contributed by atoms with Crippen LogP contribution in [0.3, 0.4) is 0 Å². The van der Waals surface area contributed by atoms with E-state index in [1.54, 1.807) is 12.0 Å². The van der Waals surface area contributed by atoms with Gasteiger partial charge in [0, 0.05) is 19.6 Å². The summed E-state index contributed by atoms with van der Waals surface area (Å²) in [6.07, 6.45) is -0.762. The Morgan fingerprint density at radius 2 is 1.62 bits per heavy atom. The summed E-state index contributed by atoms with van der Waals surface area (Å²) in [4.78, 5) is 14.4. The number of benzene rings is 3. The normalized spacial score (nSPS) is 11.5. The summed E-state index contributed by atoms with van der Waals surface area (Å²) >= 11 is 0. The van der Waals surface area contributed by atoms with Crippen molar-refractivity contribution in [2.75, 3.05) is 20.2 Å². The Hall–Kier alpha value is -3.51. The van der Waals surface area contributed by atoms with Crippen molar-refractivity contribution in [2.24, 2.45) is 5.73 Å². The van der Waals surface area contributed by atoms with Gasteiger partial charge < -0.3 is 24.8 Å². The van der Waals surface area contributed by atoms with E-state index in [0.717, 1.165) is 16.7 Å². The number of carbonyl (C=O) groups excluding carboxylic acids is 1. The molecule has 1 amide bonds. The van der Waals surface area contributed by atoms with E-state index in [9.17, 15) is 4.79 Å². The molecule has 3 rings (SSSR count). The average molecular weight is 435 g/mol. The molecule has 0 spiro atoms. The van der Waals surface area contributed by atoms with Gasteiger partial charge in [0.2, 0.25) is 0 Å². The van der Waals surface area contributed by atoms with E-state index in [1.807, 2.05) is 85.8 Å². The zero-order chi connectivity index (χ0) is 22.8. The monoisotopic (exact) mass is 434 g/mol. The first kappa shape index (κ1) is 23.2. The largest absolute Gasteiger partial charge is 0.493 e. The van der Waals surface area contributed by atoms with Gasteiger partial charge in [0.05, 0.1) is 7.11 Å². The Labute approximate surface area is 189 Å². The Morgan fingerprint density at radius 1 is 0.938 bits per heavy atom. The molecule has 0 aromatic heterocycles. The third kappa shape index (κ3) is 6.49. The number of amides is 1. The maximum atomic E-state index is 12.8. The second kappa shape index (κ2) is 11.8. The van der Waals surface area contributed by atoms with E-state index >= 15 is 0 Å². The summed E-state index contributed by atoms with van der Waals surface area (Å²) in [7, 11) is 1.60. The highest BCUT2D eigenvalue weighted by Gasteiger charge is 2.19. The van der Waals surface area contributed by atoms with Gasteiger partial charge in [-0.25, -0.2) is 4.79 Å². The highest BCUT2D eigenvalue weighted by Crippen LogP contribution is 2.29. The van der Waals surface area contributed by atoms with Crippen LogP contribution in [0.25, 0.3) is 0 Å². The molecule has 6 nitrogen and oxygen atoms in total. The van der Waals surface area contributed by atoms with Gasteiger partial charge in [-0.15, -0.1) is 0 Å². The van der Waals surface area contributed by atoms with Crippen LogP contribution >= 0.6 is 0 Å². The molecule has 2 N–H and O–H groups in total. The molecule has 3 aromatic rings. The van der Waals surface area contributed by atoms with Crippen molar-refractivity contribution in [3.8, 4) is 11.5 Å². The molecule has 0 aliphatic carbocycles.